The minimum atomic E-state index is -1.32. The molecular formula is C17H13NO6. The fraction of sp³-hybridized carbons (Fsp3) is 0.294. The number of anilines is 1. The van der Waals surface area contributed by atoms with Crippen molar-refractivity contribution in [3.63, 3.8) is 0 Å². The Morgan fingerprint density at radius 1 is 0.875 bits per heavy atom. The van der Waals surface area contributed by atoms with Gasteiger partial charge in [0.2, 0.25) is 11.8 Å². The van der Waals surface area contributed by atoms with Gasteiger partial charge in [0, 0.05) is 0 Å². The van der Waals surface area contributed by atoms with Crippen LogP contribution in [0.4, 0.5) is 5.69 Å². The lowest BCUT2D eigenvalue weighted by atomic mass is 9.85. The number of rotatable bonds is 3. The van der Waals surface area contributed by atoms with E-state index in [0.29, 0.717) is 0 Å². The lowest BCUT2D eigenvalue weighted by molar-refractivity contribution is -0.123. The van der Waals surface area contributed by atoms with Crippen molar-refractivity contribution in [1.29, 1.82) is 0 Å². The van der Waals surface area contributed by atoms with Crippen LogP contribution in [-0.4, -0.2) is 34.0 Å². The summed E-state index contributed by atoms with van der Waals surface area (Å²) in [6.07, 6.45) is 4.70. The van der Waals surface area contributed by atoms with E-state index in [2.05, 4.69) is 0 Å². The second kappa shape index (κ2) is 4.77. The topological polar surface area (TPSA) is 112 Å². The highest BCUT2D eigenvalue weighted by molar-refractivity contribution is 6.23. The van der Waals surface area contributed by atoms with Crippen LogP contribution < -0.4 is 4.90 Å². The molecule has 2 amide bonds. The third-order valence-electron chi connectivity index (χ3n) is 5.14. The van der Waals surface area contributed by atoms with Crippen LogP contribution >= 0.6 is 0 Å². The monoisotopic (exact) mass is 327 g/mol. The summed E-state index contributed by atoms with van der Waals surface area (Å²) in [5.74, 6) is -4.17. The number of hydrogen-bond acceptors (Lipinski definition) is 4. The molecule has 24 heavy (non-hydrogen) atoms. The summed E-state index contributed by atoms with van der Waals surface area (Å²) in [7, 11) is 0. The molecule has 3 aliphatic rings. The molecule has 1 saturated carbocycles. The molecule has 0 spiro atoms. The Balaban J connectivity index is 1.79. The largest absolute Gasteiger partial charge is 0.478 e. The van der Waals surface area contributed by atoms with Crippen LogP contribution in [-0.2, 0) is 9.59 Å². The molecule has 122 valence electrons. The normalized spacial score (nSPS) is 30.1. The minimum absolute atomic E-state index is 0.0103. The number of fused-ring (bicyclic) bond motifs is 5. The number of aromatic carboxylic acids is 2. The number of imide groups is 1. The van der Waals surface area contributed by atoms with Gasteiger partial charge in [0.15, 0.2) is 0 Å². The van der Waals surface area contributed by atoms with Crippen LogP contribution in [0.2, 0.25) is 0 Å². The lowest BCUT2D eigenvalue weighted by Crippen LogP contribution is -2.33. The van der Waals surface area contributed by atoms with Crippen LogP contribution in [0, 0.1) is 23.7 Å². The molecular weight excluding hydrogens is 314 g/mol. The van der Waals surface area contributed by atoms with Crippen LogP contribution in [0.3, 0.4) is 0 Å². The molecule has 4 atom stereocenters. The quantitative estimate of drug-likeness (QED) is 0.641. The first kappa shape index (κ1) is 14.6. The highest BCUT2D eigenvalue weighted by Crippen LogP contribution is 2.53. The number of allylic oxidation sites excluding steroid dienone is 2. The Labute approximate surface area is 136 Å². The van der Waals surface area contributed by atoms with Gasteiger partial charge in [-0.3, -0.25) is 9.59 Å². The van der Waals surface area contributed by atoms with E-state index in [0.717, 1.165) is 17.4 Å². The number of carbonyl (C=O) groups excluding carboxylic acids is 2. The summed E-state index contributed by atoms with van der Waals surface area (Å²) in [4.78, 5) is 48.9. The van der Waals surface area contributed by atoms with Gasteiger partial charge in [-0.25, -0.2) is 14.5 Å². The number of carbonyl (C=O) groups is 4. The Bertz CT molecular complexity index is 779. The fourth-order valence-electron chi connectivity index (χ4n) is 4.14. The Kier molecular flexibility index (Phi) is 2.90. The molecule has 1 aliphatic heterocycles. The van der Waals surface area contributed by atoms with E-state index < -0.39 is 23.8 Å². The highest BCUT2D eigenvalue weighted by Gasteiger charge is 2.59. The van der Waals surface area contributed by atoms with Gasteiger partial charge in [0.1, 0.15) is 0 Å². The zero-order valence-electron chi connectivity index (χ0n) is 12.4. The van der Waals surface area contributed by atoms with Crippen molar-refractivity contribution in [2.45, 2.75) is 6.42 Å². The fourth-order valence-corrected chi connectivity index (χ4v) is 4.14. The number of amides is 2. The maximum Gasteiger partial charge on any atom is 0.335 e. The van der Waals surface area contributed by atoms with E-state index >= 15 is 0 Å². The summed E-state index contributed by atoms with van der Waals surface area (Å²) >= 11 is 0. The third kappa shape index (κ3) is 1.84. The van der Waals surface area contributed by atoms with Crippen molar-refractivity contribution in [3.8, 4) is 0 Å². The molecule has 2 fully saturated rings. The first-order valence-corrected chi connectivity index (χ1v) is 7.56. The van der Waals surface area contributed by atoms with E-state index in [4.69, 9.17) is 10.2 Å². The molecule has 2 aliphatic carbocycles. The molecule has 0 aromatic heterocycles. The number of carboxylic acids is 2. The van der Waals surface area contributed by atoms with Crippen LogP contribution in [0.15, 0.2) is 30.4 Å². The van der Waals surface area contributed by atoms with Gasteiger partial charge in [0.05, 0.1) is 28.7 Å². The molecule has 7 heteroatoms. The van der Waals surface area contributed by atoms with Crippen molar-refractivity contribution < 1.29 is 29.4 Å². The van der Waals surface area contributed by atoms with Crippen molar-refractivity contribution in [3.05, 3.63) is 41.5 Å². The smallest absolute Gasteiger partial charge is 0.335 e. The van der Waals surface area contributed by atoms with Crippen molar-refractivity contribution in [1.82, 2.24) is 0 Å². The Morgan fingerprint density at radius 2 is 1.33 bits per heavy atom. The summed E-state index contributed by atoms with van der Waals surface area (Å²) in [5.41, 5.74) is -0.539. The number of hydrogen-bond donors (Lipinski definition) is 2. The maximum absolute atomic E-state index is 12.7. The molecule has 7 nitrogen and oxygen atoms in total. The van der Waals surface area contributed by atoms with Crippen molar-refractivity contribution in [2.75, 3.05) is 4.90 Å². The molecule has 2 bridgehead atoms. The predicted molar refractivity (Wildman–Crippen MR) is 80.6 cm³/mol. The average Bonchev–Trinajstić information content (AvgIpc) is 3.21. The van der Waals surface area contributed by atoms with E-state index in [1.807, 2.05) is 12.2 Å². The summed E-state index contributed by atoms with van der Waals surface area (Å²) in [5, 5.41) is 18.3. The van der Waals surface area contributed by atoms with E-state index in [-0.39, 0.29) is 40.5 Å². The van der Waals surface area contributed by atoms with Crippen LogP contribution in [0.5, 0.6) is 0 Å². The van der Waals surface area contributed by atoms with Gasteiger partial charge in [-0.1, -0.05) is 12.2 Å². The molecule has 0 unspecified atom stereocenters. The molecule has 2 N–H and O–H groups in total. The van der Waals surface area contributed by atoms with Crippen molar-refractivity contribution in [2.24, 2.45) is 23.7 Å². The lowest BCUT2D eigenvalue weighted by Gasteiger charge is -2.18. The minimum Gasteiger partial charge on any atom is -0.478 e. The van der Waals surface area contributed by atoms with Gasteiger partial charge >= 0.3 is 11.9 Å². The van der Waals surface area contributed by atoms with Gasteiger partial charge in [-0.15, -0.1) is 0 Å². The van der Waals surface area contributed by atoms with Gasteiger partial charge in [-0.2, -0.15) is 0 Å². The van der Waals surface area contributed by atoms with Gasteiger partial charge in [-0.05, 0) is 36.5 Å². The zero-order valence-corrected chi connectivity index (χ0v) is 12.4. The molecule has 1 aromatic carbocycles. The second-order valence-corrected chi connectivity index (χ2v) is 6.39. The standard InChI is InChI=1S/C17H13NO6/c19-14-12-7-1-2-8(3-7)13(12)15(20)18(14)11-5-9(16(21)22)4-10(6-11)17(23)24/h1-2,4-8,12-13H,3H2,(H,21,22)(H,23,24)/t7-,8+,12-,13+. The summed E-state index contributed by atoms with van der Waals surface area (Å²) in [6.45, 7) is 0. The summed E-state index contributed by atoms with van der Waals surface area (Å²) in [6, 6.07) is 3.34. The first-order valence-electron chi connectivity index (χ1n) is 7.56. The molecule has 1 saturated heterocycles. The van der Waals surface area contributed by atoms with E-state index in [1.54, 1.807) is 0 Å². The second-order valence-electron chi connectivity index (χ2n) is 6.39. The zero-order chi connectivity index (χ0) is 17.2. The van der Waals surface area contributed by atoms with Gasteiger partial charge in [0.25, 0.3) is 0 Å². The van der Waals surface area contributed by atoms with Crippen molar-refractivity contribution >= 4 is 29.4 Å². The van der Waals surface area contributed by atoms with Gasteiger partial charge < -0.3 is 10.2 Å². The average molecular weight is 327 g/mol. The first-order chi connectivity index (χ1) is 11.4. The number of nitrogens with zero attached hydrogens (tertiary/aromatic N) is 1. The predicted octanol–water partition coefficient (Wildman–Crippen LogP) is 1.39. The highest BCUT2D eigenvalue weighted by atomic mass is 16.4. The van der Waals surface area contributed by atoms with E-state index in [9.17, 15) is 19.2 Å². The maximum atomic E-state index is 12.7. The molecule has 0 radical (unpaired) electrons. The van der Waals surface area contributed by atoms with E-state index in [1.165, 1.54) is 12.1 Å². The SMILES string of the molecule is O=C(O)c1cc(C(=O)O)cc(N2C(=O)[C@@H]3[C@H](C2=O)[C@@H]2C=C[C@H]3C2)c1. The summed E-state index contributed by atoms with van der Waals surface area (Å²) < 4.78 is 0. The number of carboxylic acid groups (broad SMARTS) is 2. The number of benzene rings is 1. The van der Waals surface area contributed by atoms with Crippen LogP contribution in [0.1, 0.15) is 27.1 Å². The van der Waals surface area contributed by atoms with Crippen LogP contribution in [0.25, 0.3) is 0 Å². The Morgan fingerprint density at radius 3 is 1.75 bits per heavy atom. The molecule has 4 rings (SSSR count). The Hall–Kier alpha value is -2.96. The third-order valence-corrected chi connectivity index (χ3v) is 5.14. The molecule has 1 aromatic rings. The molecule has 1 heterocycles.